The second-order valence-corrected chi connectivity index (χ2v) is 7.80. The van der Waals surface area contributed by atoms with Gasteiger partial charge in [0.1, 0.15) is 11.6 Å². The van der Waals surface area contributed by atoms with Crippen LogP contribution < -0.4 is 11.1 Å². The lowest BCUT2D eigenvalue weighted by molar-refractivity contribution is -0.150. The number of amides is 1. The molecule has 0 aliphatic rings. The molecule has 0 radical (unpaired) electrons. The number of nitrogens with one attached hydrogen (secondary N) is 1. The lowest BCUT2D eigenvalue weighted by Gasteiger charge is -2.28. The van der Waals surface area contributed by atoms with E-state index in [2.05, 4.69) is 5.32 Å². The van der Waals surface area contributed by atoms with Crippen LogP contribution >= 0.6 is 0 Å². The molecule has 0 unspecified atom stereocenters. The monoisotopic (exact) mass is 364 g/mol. The molecule has 0 heterocycles. The minimum atomic E-state index is -0.844. The van der Waals surface area contributed by atoms with Crippen molar-refractivity contribution < 1.29 is 19.1 Å². The number of rotatable bonds is 7. The van der Waals surface area contributed by atoms with Gasteiger partial charge in [0.2, 0.25) is 0 Å². The Balaban J connectivity index is 2.98. The Labute approximate surface area is 156 Å². The normalized spacial score (nSPS) is 15.1. The molecule has 0 aliphatic carbocycles. The van der Waals surface area contributed by atoms with Crippen molar-refractivity contribution in [3.8, 4) is 0 Å². The Morgan fingerprint density at radius 2 is 1.69 bits per heavy atom. The van der Waals surface area contributed by atoms with Gasteiger partial charge in [-0.3, -0.25) is 0 Å². The van der Waals surface area contributed by atoms with Gasteiger partial charge in [-0.25, -0.2) is 9.59 Å². The Morgan fingerprint density at radius 1 is 1.12 bits per heavy atom. The fourth-order valence-corrected chi connectivity index (χ4v) is 2.59. The summed E-state index contributed by atoms with van der Waals surface area (Å²) in [6.07, 6.45) is -0.609. The molecule has 1 rings (SSSR count). The molecule has 0 saturated heterocycles. The van der Waals surface area contributed by atoms with Crippen LogP contribution in [0.3, 0.4) is 0 Å². The summed E-state index contributed by atoms with van der Waals surface area (Å²) in [5.41, 5.74) is 6.51. The van der Waals surface area contributed by atoms with Gasteiger partial charge in [0.25, 0.3) is 0 Å². The van der Waals surface area contributed by atoms with E-state index in [9.17, 15) is 9.59 Å². The maximum Gasteiger partial charge on any atom is 0.408 e. The van der Waals surface area contributed by atoms with E-state index >= 15 is 0 Å². The molecule has 0 saturated carbocycles. The van der Waals surface area contributed by atoms with Crippen molar-refractivity contribution in [3.63, 3.8) is 0 Å². The number of nitrogens with two attached hydrogens (primary N) is 1. The minimum absolute atomic E-state index is 0.115. The SMILES string of the molecule is CC(C)OC(=O)[C@H](C[C@H](c1ccccc1)[C@@H](C)N)NC(=O)OC(C)(C)C. The van der Waals surface area contributed by atoms with Gasteiger partial charge < -0.3 is 20.5 Å². The number of carbonyl (C=O) groups excluding carboxylic acids is 2. The van der Waals surface area contributed by atoms with E-state index in [0.29, 0.717) is 6.42 Å². The first-order valence-corrected chi connectivity index (χ1v) is 9.00. The summed E-state index contributed by atoms with van der Waals surface area (Å²) in [7, 11) is 0. The standard InChI is InChI=1S/C20H32N2O4/c1-13(2)25-18(23)17(22-19(24)26-20(4,5)6)12-16(14(3)21)15-10-8-7-9-11-15/h7-11,13-14,16-17H,12,21H2,1-6H3,(H,22,24)/t14-,16+,17+/m1/s1. The second kappa shape index (κ2) is 9.57. The zero-order valence-electron chi connectivity index (χ0n) is 16.6. The molecule has 146 valence electrons. The summed E-state index contributed by atoms with van der Waals surface area (Å²) in [5, 5.41) is 2.64. The lowest BCUT2D eigenvalue weighted by atomic mass is 9.87. The molecule has 6 heteroatoms. The molecule has 0 fully saturated rings. The number of ether oxygens (including phenoxy) is 2. The fraction of sp³-hybridized carbons (Fsp3) is 0.600. The van der Waals surface area contributed by atoms with Gasteiger partial charge in [-0.1, -0.05) is 30.3 Å². The van der Waals surface area contributed by atoms with Gasteiger partial charge in [0, 0.05) is 12.0 Å². The molecule has 3 N–H and O–H groups in total. The van der Waals surface area contributed by atoms with Crippen LogP contribution in [0.25, 0.3) is 0 Å². The molecular weight excluding hydrogens is 332 g/mol. The van der Waals surface area contributed by atoms with E-state index < -0.39 is 23.7 Å². The van der Waals surface area contributed by atoms with Crippen molar-refractivity contribution in [2.45, 2.75) is 77.7 Å². The summed E-state index contributed by atoms with van der Waals surface area (Å²) in [4.78, 5) is 24.7. The van der Waals surface area contributed by atoms with Crippen LogP contribution in [0.5, 0.6) is 0 Å². The molecule has 1 amide bonds. The first-order chi connectivity index (χ1) is 12.0. The molecule has 26 heavy (non-hydrogen) atoms. The first-order valence-electron chi connectivity index (χ1n) is 9.00. The van der Waals surface area contributed by atoms with Gasteiger partial charge in [0.15, 0.2) is 0 Å². The highest BCUT2D eigenvalue weighted by atomic mass is 16.6. The third kappa shape index (κ3) is 7.87. The van der Waals surface area contributed by atoms with Crippen molar-refractivity contribution in [2.75, 3.05) is 0 Å². The number of hydrogen-bond donors (Lipinski definition) is 2. The Morgan fingerprint density at radius 3 is 2.15 bits per heavy atom. The molecule has 1 aromatic carbocycles. The third-order valence-electron chi connectivity index (χ3n) is 3.68. The van der Waals surface area contributed by atoms with Crippen LogP contribution in [-0.4, -0.2) is 35.9 Å². The van der Waals surface area contributed by atoms with Gasteiger partial charge in [0.05, 0.1) is 6.10 Å². The Kier molecular flexibility index (Phi) is 8.08. The van der Waals surface area contributed by atoms with Crippen LogP contribution in [0.15, 0.2) is 30.3 Å². The second-order valence-electron chi connectivity index (χ2n) is 7.80. The Hall–Kier alpha value is -2.08. The van der Waals surface area contributed by atoms with Gasteiger partial charge in [-0.15, -0.1) is 0 Å². The summed E-state index contributed by atoms with van der Waals surface area (Å²) in [5.74, 6) is -0.608. The quantitative estimate of drug-likeness (QED) is 0.724. The summed E-state index contributed by atoms with van der Waals surface area (Å²) < 4.78 is 10.6. The van der Waals surface area contributed by atoms with E-state index in [1.165, 1.54) is 0 Å². The Bertz CT molecular complexity index is 579. The highest BCUT2D eigenvalue weighted by Crippen LogP contribution is 2.25. The summed E-state index contributed by atoms with van der Waals surface area (Å²) in [6.45, 7) is 10.7. The van der Waals surface area contributed by atoms with Crippen LogP contribution in [0, 0.1) is 0 Å². The molecule has 0 spiro atoms. The number of carbonyl (C=O) groups is 2. The van der Waals surface area contributed by atoms with Crippen LogP contribution in [0.4, 0.5) is 4.79 Å². The molecule has 0 bridgehead atoms. The van der Waals surface area contributed by atoms with E-state index in [-0.39, 0.29) is 18.1 Å². The largest absolute Gasteiger partial charge is 0.461 e. The molecule has 3 atom stereocenters. The number of esters is 1. The van der Waals surface area contributed by atoms with E-state index in [0.717, 1.165) is 5.56 Å². The van der Waals surface area contributed by atoms with Crippen LogP contribution in [0.2, 0.25) is 0 Å². The molecule has 1 aromatic rings. The zero-order chi connectivity index (χ0) is 19.9. The van der Waals surface area contributed by atoms with E-state index in [1.54, 1.807) is 34.6 Å². The van der Waals surface area contributed by atoms with Crippen molar-refractivity contribution in [1.29, 1.82) is 0 Å². The predicted octanol–water partition coefficient (Wildman–Crippen LogP) is 3.35. The molecule has 6 nitrogen and oxygen atoms in total. The highest BCUT2D eigenvalue weighted by Gasteiger charge is 2.30. The van der Waals surface area contributed by atoms with Gasteiger partial charge in [-0.05, 0) is 53.5 Å². The molecule has 0 aromatic heterocycles. The maximum absolute atomic E-state index is 12.5. The molecule has 0 aliphatic heterocycles. The average Bonchev–Trinajstić information content (AvgIpc) is 2.49. The topological polar surface area (TPSA) is 90.6 Å². The lowest BCUT2D eigenvalue weighted by Crippen LogP contribution is -2.46. The number of hydrogen-bond acceptors (Lipinski definition) is 5. The maximum atomic E-state index is 12.5. The van der Waals surface area contributed by atoms with Crippen molar-refractivity contribution >= 4 is 12.1 Å². The van der Waals surface area contributed by atoms with Crippen LogP contribution in [0.1, 0.15) is 59.4 Å². The predicted molar refractivity (Wildman–Crippen MR) is 102 cm³/mol. The van der Waals surface area contributed by atoms with Crippen molar-refractivity contribution in [1.82, 2.24) is 5.32 Å². The van der Waals surface area contributed by atoms with Crippen molar-refractivity contribution in [3.05, 3.63) is 35.9 Å². The van der Waals surface area contributed by atoms with Gasteiger partial charge in [-0.2, -0.15) is 0 Å². The smallest absolute Gasteiger partial charge is 0.408 e. The number of alkyl carbamates (subject to hydrolysis) is 1. The zero-order valence-corrected chi connectivity index (χ0v) is 16.6. The fourth-order valence-electron chi connectivity index (χ4n) is 2.59. The van der Waals surface area contributed by atoms with Crippen molar-refractivity contribution in [2.24, 2.45) is 5.73 Å². The minimum Gasteiger partial charge on any atom is -0.461 e. The van der Waals surface area contributed by atoms with Gasteiger partial charge >= 0.3 is 12.1 Å². The number of benzene rings is 1. The average molecular weight is 364 g/mol. The van der Waals surface area contributed by atoms with E-state index in [4.69, 9.17) is 15.2 Å². The summed E-state index contributed by atoms with van der Waals surface area (Å²) in [6, 6.07) is 8.65. The van der Waals surface area contributed by atoms with Crippen LogP contribution in [-0.2, 0) is 14.3 Å². The highest BCUT2D eigenvalue weighted by molar-refractivity contribution is 5.81. The first kappa shape index (κ1) is 22.0. The third-order valence-corrected chi connectivity index (χ3v) is 3.68. The summed E-state index contributed by atoms with van der Waals surface area (Å²) >= 11 is 0. The van der Waals surface area contributed by atoms with E-state index in [1.807, 2.05) is 37.3 Å². The molecular formula is C20H32N2O4.